The molecule has 0 saturated heterocycles. The Labute approximate surface area is 182 Å². The third kappa shape index (κ3) is 5.42. The van der Waals surface area contributed by atoms with Gasteiger partial charge in [-0.05, 0) is 35.6 Å². The number of aromatic nitrogens is 3. The van der Waals surface area contributed by atoms with E-state index in [1.54, 1.807) is 13.4 Å². The molecule has 0 spiro atoms. The van der Waals surface area contributed by atoms with E-state index < -0.39 is 0 Å². The Hall–Kier alpha value is -2.80. The number of thioether (sulfide) groups is 1. The molecule has 6 nitrogen and oxygen atoms in total. The molecule has 1 N–H and O–H groups in total. The second-order valence-electron chi connectivity index (χ2n) is 7.36. The predicted octanol–water partition coefficient (Wildman–Crippen LogP) is 4.44. The van der Waals surface area contributed by atoms with Crippen LogP contribution in [0.2, 0.25) is 0 Å². The number of nitrogens with zero attached hydrogens (tertiary/aromatic N) is 3. The summed E-state index contributed by atoms with van der Waals surface area (Å²) in [5, 5.41) is 12.0. The zero-order chi connectivity index (χ0) is 21.5. The molecule has 0 aliphatic carbocycles. The minimum atomic E-state index is -0.0292. The monoisotopic (exact) mass is 424 g/mol. The summed E-state index contributed by atoms with van der Waals surface area (Å²) >= 11 is 1.36. The lowest BCUT2D eigenvalue weighted by Gasteiger charge is -2.23. The minimum absolute atomic E-state index is 0.0275. The number of nitrogens with one attached hydrogen (secondary N) is 1. The standard InChI is InChI=1S/C23H28N4O2S/c1-5-17-9-11-18(12-10-17)22(16(2)3)25-21(28)14-30-23-26-24-15-27(23)19-7-6-8-20(13-19)29-4/h6-13,15-16,22H,5,14H2,1-4H3,(H,25,28)/t22-/m0/s1. The number of hydrogen-bond donors (Lipinski definition) is 1. The molecule has 2 aromatic carbocycles. The van der Waals surface area contributed by atoms with Gasteiger partial charge >= 0.3 is 0 Å². The number of benzene rings is 2. The maximum Gasteiger partial charge on any atom is 0.230 e. The Bertz CT molecular complexity index is 969. The van der Waals surface area contributed by atoms with Crippen molar-refractivity contribution in [2.24, 2.45) is 5.92 Å². The highest BCUT2D eigenvalue weighted by Gasteiger charge is 2.19. The summed E-state index contributed by atoms with van der Waals surface area (Å²) in [6.45, 7) is 6.37. The van der Waals surface area contributed by atoms with Crippen molar-refractivity contribution >= 4 is 17.7 Å². The number of rotatable bonds is 9. The first kappa shape index (κ1) is 21.9. The maximum atomic E-state index is 12.7. The highest BCUT2D eigenvalue weighted by atomic mass is 32.2. The number of carbonyl (C=O) groups excluding carboxylic acids is 1. The summed E-state index contributed by atoms with van der Waals surface area (Å²) in [5.74, 6) is 1.27. The van der Waals surface area contributed by atoms with E-state index >= 15 is 0 Å². The van der Waals surface area contributed by atoms with E-state index in [1.165, 1.54) is 17.3 Å². The van der Waals surface area contributed by atoms with Gasteiger partial charge in [0, 0.05) is 6.07 Å². The number of ether oxygens (including phenoxy) is 1. The second-order valence-corrected chi connectivity index (χ2v) is 8.30. The fraction of sp³-hybridized carbons (Fsp3) is 0.348. The molecule has 0 aliphatic heterocycles. The van der Waals surface area contributed by atoms with Crippen molar-refractivity contribution in [1.29, 1.82) is 0 Å². The van der Waals surface area contributed by atoms with Crippen molar-refractivity contribution in [3.63, 3.8) is 0 Å². The van der Waals surface area contributed by atoms with Crippen LogP contribution in [-0.4, -0.2) is 33.5 Å². The van der Waals surface area contributed by atoms with Crippen molar-refractivity contribution in [2.45, 2.75) is 38.4 Å². The van der Waals surface area contributed by atoms with Crippen LogP contribution >= 0.6 is 11.8 Å². The summed E-state index contributed by atoms with van der Waals surface area (Å²) in [4.78, 5) is 12.7. The van der Waals surface area contributed by atoms with E-state index in [0.717, 1.165) is 23.4 Å². The average Bonchev–Trinajstić information content (AvgIpc) is 3.24. The summed E-state index contributed by atoms with van der Waals surface area (Å²) in [6.07, 6.45) is 2.64. The molecule has 0 radical (unpaired) electrons. The fourth-order valence-electron chi connectivity index (χ4n) is 3.20. The van der Waals surface area contributed by atoms with Gasteiger partial charge in [-0.25, -0.2) is 0 Å². The molecule has 0 saturated carbocycles. The van der Waals surface area contributed by atoms with Crippen molar-refractivity contribution in [3.05, 3.63) is 66.0 Å². The summed E-state index contributed by atoms with van der Waals surface area (Å²) in [6, 6.07) is 16.1. The van der Waals surface area contributed by atoms with Gasteiger partial charge in [-0.3, -0.25) is 9.36 Å². The number of carbonyl (C=O) groups is 1. The van der Waals surface area contributed by atoms with Crippen LogP contribution in [0.5, 0.6) is 5.75 Å². The van der Waals surface area contributed by atoms with Crippen LogP contribution in [0.25, 0.3) is 5.69 Å². The van der Waals surface area contributed by atoms with Gasteiger partial charge in [0.15, 0.2) is 5.16 Å². The van der Waals surface area contributed by atoms with Crippen molar-refractivity contribution in [1.82, 2.24) is 20.1 Å². The van der Waals surface area contributed by atoms with Gasteiger partial charge in [-0.15, -0.1) is 10.2 Å². The van der Waals surface area contributed by atoms with Gasteiger partial charge in [0.25, 0.3) is 0 Å². The van der Waals surface area contributed by atoms with E-state index in [9.17, 15) is 4.79 Å². The minimum Gasteiger partial charge on any atom is -0.497 e. The van der Waals surface area contributed by atoms with Gasteiger partial charge in [0.2, 0.25) is 5.91 Å². The summed E-state index contributed by atoms with van der Waals surface area (Å²) in [5.41, 5.74) is 3.30. The molecule has 30 heavy (non-hydrogen) atoms. The Kier molecular flexibility index (Phi) is 7.52. The lowest BCUT2D eigenvalue weighted by molar-refractivity contribution is -0.119. The van der Waals surface area contributed by atoms with Gasteiger partial charge in [-0.2, -0.15) is 0 Å². The highest BCUT2D eigenvalue weighted by Crippen LogP contribution is 2.25. The first-order valence-corrected chi connectivity index (χ1v) is 11.1. The average molecular weight is 425 g/mol. The third-order valence-electron chi connectivity index (χ3n) is 4.91. The molecule has 1 atom stereocenters. The molecule has 0 aliphatic rings. The lowest BCUT2D eigenvalue weighted by atomic mass is 9.95. The molecule has 7 heteroatoms. The second kappa shape index (κ2) is 10.3. The molecule has 158 valence electrons. The van der Waals surface area contributed by atoms with Crippen molar-refractivity contribution in [3.8, 4) is 11.4 Å². The molecule has 1 aromatic heterocycles. The molecule has 0 unspecified atom stereocenters. The zero-order valence-corrected chi connectivity index (χ0v) is 18.6. The lowest BCUT2D eigenvalue weighted by Crippen LogP contribution is -2.33. The Morgan fingerprint density at radius 1 is 1.20 bits per heavy atom. The predicted molar refractivity (Wildman–Crippen MR) is 120 cm³/mol. The molecule has 1 amide bonds. The van der Waals surface area contributed by atoms with Gasteiger partial charge in [0.05, 0.1) is 24.6 Å². The molecule has 1 heterocycles. The Balaban J connectivity index is 1.66. The first-order chi connectivity index (χ1) is 14.5. The molecule has 0 bridgehead atoms. The quantitative estimate of drug-likeness (QED) is 0.514. The summed E-state index contributed by atoms with van der Waals surface area (Å²) < 4.78 is 7.14. The van der Waals surface area contributed by atoms with Crippen LogP contribution in [0.3, 0.4) is 0 Å². The van der Waals surface area contributed by atoms with E-state index in [2.05, 4.69) is 60.6 Å². The van der Waals surface area contributed by atoms with Gasteiger partial charge < -0.3 is 10.1 Å². The van der Waals surface area contributed by atoms with E-state index in [0.29, 0.717) is 5.16 Å². The number of aryl methyl sites for hydroxylation is 1. The molecular weight excluding hydrogens is 396 g/mol. The smallest absolute Gasteiger partial charge is 0.230 e. The van der Waals surface area contributed by atoms with Crippen LogP contribution < -0.4 is 10.1 Å². The first-order valence-electron chi connectivity index (χ1n) is 10.1. The van der Waals surface area contributed by atoms with Crippen LogP contribution in [0, 0.1) is 5.92 Å². The number of hydrogen-bond acceptors (Lipinski definition) is 5. The highest BCUT2D eigenvalue weighted by molar-refractivity contribution is 7.99. The largest absolute Gasteiger partial charge is 0.497 e. The van der Waals surface area contributed by atoms with Gasteiger partial charge in [-0.1, -0.05) is 62.9 Å². The maximum absolute atomic E-state index is 12.7. The van der Waals surface area contributed by atoms with E-state index in [1.807, 2.05) is 28.8 Å². The molecule has 0 fully saturated rings. The van der Waals surface area contributed by atoms with Crippen LogP contribution in [0.1, 0.15) is 37.9 Å². The van der Waals surface area contributed by atoms with Crippen LogP contribution in [0.4, 0.5) is 0 Å². The van der Waals surface area contributed by atoms with Gasteiger partial charge in [0.1, 0.15) is 12.1 Å². The number of methoxy groups -OCH3 is 1. The van der Waals surface area contributed by atoms with E-state index in [4.69, 9.17) is 4.74 Å². The SMILES string of the molecule is CCc1ccc([C@@H](NC(=O)CSc2nncn2-c2cccc(OC)c2)C(C)C)cc1. The zero-order valence-electron chi connectivity index (χ0n) is 17.8. The van der Waals surface area contributed by atoms with E-state index in [-0.39, 0.29) is 23.6 Å². The normalized spacial score (nSPS) is 12.0. The number of amides is 1. The van der Waals surface area contributed by atoms with Crippen LogP contribution in [0.15, 0.2) is 60.0 Å². The Morgan fingerprint density at radius 3 is 2.63 bits per heavy atom. The Morgan fingerprint density at radius 2 is 1.97 bits per heavy atom. The fourth-order valence-corrected chi connectivity index (χ4v) is 3.94. The van der Waals surface area contributed by atoms with Crippen molar-refractivity contribution in [2.75, 3.05) is 12.9 Å². The third-order valence-corrected chi connectivity index (χ3v) is 5.85. The molecule has 3 aromatic rings. The topological polar surface area (TPSA) is 69.0 Å². The molecular formula is C23H28N4O2S. The molecule has 3 rings (SSSR count). The van der Waals surface area contributed by atoms with Crippen LogP contribution in [-0.2, 0) is 11.2 Å². The summed E-state index contributed by atoms with van der Waals surface area (Å²) in [7, 11) is 1.63. The van der Waals surface area contributed by atoms with Crippen molar-refractivity contribution < 1.29 is 9.53 Å².